The van der Waals surface area contributed by atoms with E-state index in [-0.39, 0.29) is 0 Å². The maximum Gasteiger partial charge on any atom is 0.158 e. The first-order chi connectivity index (χ1) is 6.26. The van der Waals surface area contributed by atoms with Crippen LogP contribution in [-0.2, 0) is 0 Å². The van der Waals surface area contributed by atoms with Crippen LogP contribution in [0.1, 0.15) is 0 Å². The number of amidine groups is 1. The number of benzene rings is 1. The molecule has 0 aromatic heterocycles. The molecule has 1 aromatic carbocycles. The quantitative estimate of drug-likeness (QED) is 0.465. The second-order valence-electron chi connectivity index (χ2n) is 2.36. The molecule has 0 atom stereocenters. The molecule has 4 heteroatoms. The van der Waals surface area contributed by atoms with E-state index >= 15 is 0 Å². The van der Waals surface area contributed by atoms with Gasteiger partial charge in [0.15, 0.2) is 5.17 Å². The van der Waals surface area contributed by atoms with E-state index < -0.39 is 0 Å². The van der Waals surface area contributed by atoms with Crippen LogP contribution in [0.3, 0.4) is 0 Å². The molecule has 0 aliphatic carbocycles. The van der Waals surface area contributed by atoms with Crippen LogP contribution in [0, 0.1) is 0 Å². The molecule has 0 unspecified atom stereocenters. The summed E-state index contributed by atoms with van der Waals surface area (Å²) < 4.78 is 0. The smallest absolute Gasteiger partial charge is 0.158 e. The van der Waals surface area contributed by atoms with E-state index in [0.717, 1.165) is 5.69 Å². The Labute approximate surface area is 87.0 Å². The van der Waals surface area contributed by atoms with Crippen LogP contribution in [0.25, 0.3) is 0 Å². The van der Waals surface area contributed by atoms with Gasteiger partial charge in [0.05, 0.1) is 5.69 Å². The number of aliphatic imine (C=N–C) groups is 1. The molecular weight excluding hydrogens is 200 g/mol. The van der Waals surface area contributed by atoms with Crippen molar-refractivity contribution in [2.24, 2.45) is 10.7 Å². The molecule has 1 aromatic rings. The van der Waals surface area contributed by atoms with Gasteiger partial charge in [-0.3, -0.25) is 0 Å². The Morgan fingerprint density at radius 1 is 1.38 bits per heavy atom. The summed E-state index contributed by atoms with van der Waals surface area (Å²) in [6.07, 6.45) is 3.96. The fourth-order valence-corrected chi connectivity index (χ4v) is 1.50. The molecule has 0 aliphatic heterocycles. The first-order valence-corrected chi connectivity index (χ1v) is 6.23. The first kappa shape index (κ1) is 10.5. The van der Waals surface area contributed by atoms with Gasteiger partial charge in [0, 0.05) is 4.90 Å². The van der Waals surface area contributed by atoms with E-state index in [2.05, 4.69) is 11.1 Å². The highest BCUT2D eigenvalue weighted by Gasteiger charge is 1.93. The van der Waals surface area contributed by atoms with E-state index in [4.69, 9.17) is 5.73 Å². The molecule has 0 fully saturated rings. The van der Waals surface area contributed by atoms with Gasteiger partial charge in [-0.1, -0.05) is 17.8 Å². The molecule has 0 amide bonds. The highest BCUT2D eigenvalue weighted by atomic mass is 32.2. The lowest BCUT2D eigenvalue weighted by Gasteiger charge is -1.98. The maximum absolute atomic E-state index is 5.60. The Bertz CT molecular complexity index is 310. The van der Waals surface area contributed by atoms with Crippen LogP contribution in [-0.4, -0.2) is 17.7 Å². The van der Waals surface area contributed by atoms with Gasteiger partial charge >= 0.3 is 0 Å². The lowest BCUT2D eigenvalue weighted by atomic mass is 10.3. The van der Waals surface area contributed by atoms with Crippen LogP contribution in [0.2, 0.25) is 0 Å². The minimum Gasteiger partial charge on any atom is -0.378 e. The molecule has 0 radical (unpaired) electrons. The van der Waals surface area contributed by atoms with Crippen molar-refractivity contribution < 1.29 is 0 Å². The summed E-state index contributed by atoms with van der Waals surface area (Å²) in [5, 5.41) is 0.596. The third-order valence-corrected chi connectivity index (χ3v) is 2.74. The topological polar surface area (TPSA) is 38.4 Å². The minimum atomic E-state index is 0.596. The summed E-state index contributed by atoms with van der Waals surface area (Å²) in [5.74, 6) is 0. The highest BCUT2D eigenvalue weighted by Crippen LogP contribution is 2.21. The van der Waals surface area contributed by atoms with Crippen LogP contribution in [0.15, 0.2) is 34.2 Å². The second kappa shape index (κ2) is 5.19. The summed E-state index contributed by atoms with van der Waals surface area (Å²) in [6.45, 7) is 0. The monoisotopic (exact) mass is 212 g/mol. The molecule has 13 heavy (non-hydrogen) atoms. The zero-order valence-electron chi connectivity index (χ0n) is 7.65. The van der Waals surface area contributed by atoms with Gasteiger partial charge in [-0.25, -0.2) is 4.99 Å². The van der Waals surface area contributed by atoms with Gasteiger partial charge in [-0.05, 0) is 30.7 Å². The van der Waals surface area contributed by atoms with Crippen molar-refractivity contribution in [1.82, 2.24) is 0 Å². The second-order valence-corrected chi connectivity index (χ2v) is 4.06. The fourth-order valence-electron chi connectivity index (χ4n) is 0.853. The van der Waals surface area contributed by atoms with Crippen molar-refractivity contribution in [3.8, 4) is 0 Å². The summed E-state index contributed by atoms with van der Waals surface area (Å²) in [6, 6.07) is 8.01. The Kier molecular flexibility index (Phi) is 4.18. The summed E-state index contributed by atoms with van der Waals surface area (Å²) in [5.41, 5.74) is 6.52. The normalized spacial score (nSPS) is 11.7. The van der Waals surface area contributed by atoms with Crippen molar-refractivity contribution in [2.75, 3.05) is 12.5 Å². The molecule has 0 spiro atoms. The Morgan fingerprint density at radius 3 is 2.77 bits per heavy atom. The van der Waals surface area contributed by atoms with E-state index in [9.17, 15) is 0 Å². The van der Waals surface area contributed by atoms with Crippen molar-refractivity contribution in [3.05, 3.63) is 24.3 Å². The predicted octanol–water partition coefficient (Wildman–Crippen LogP) is 2.72. The molecular formula is C9H12N2S2. The maximum atomic E-state index is 5.60. The van der Waals surface area contributed by atoms with Crippen LogP contribution < -0.4 is 5.73 Å². The Balaban J connectivity index is 2.89. The van der Waals surface area contributed by atoms with Gasteiger partial charge in [0.25, 0.3) is 0 Å². The van der Waals surface area contributed by atoms with Crippen molar-refractivity contribution in [3.63, 3.8) is 0 Å². The van der Waals surface area contributed by atoms with Gasteiger partial charge in [0.1, 0.15) is 0 Å². The highest BCUT2D eigenvalue weighted by molar-refractivity contribution is 8.13. The number of nitrogens with zero attached hydrogens (tertiary/aromatic N) is 1. The van der Waals surface area contributed by atoms with Crippen molar-refractivity contribution >= 4 is 34.4 Å². The summed E-state index contributed by atoms with van der Waals surface area (Å²) in [7, 11) is 0. The predicted molar refractivity (Wildman–Crippen MR) is 63.0 cm³/mol. The summed E-state index contributed by atoms with van der Waals surface area (Å²) >= 11 is 3.15. The molecule has 0 saturated heterocycles. The molecule has 0 bridgehead atoms. The Morgan fingerprint density at radius 2 is 2.15 bits per heavy atom. The number of thioether (sulfide) groups is 2. The largest absolute Gasteiger partial charge is 0.378 e. The molecule has 70 valence electrons. The zero-order valence-corrected chi connectivity index (χ0v) is 9.28. The SMILES string of the molecule is CSC(N)=Nc1cccc(SC)c1. The minimum absolute atomic E-state index is 0.596. The number of hydrogen-bond donors (Lipinski definition) is 1. The molecule has 0 heterocycles. The van der Waals surface area contributed by atoms with Crippen molar-refractivity contribution in [2.45, 2.75) is 4.90 Å². The molecule has 0 saturated carbocycles. The third-order valence-electron chi connectivity index (χ3n) is 1.50. The van der Waals surface area contributed by atoms with Gasteiger partial charge < -0.3 is 5.73 Å². The van der Waals surface area contributed by atoms with Crippen molar-refractivity contribution in [1.29, 1.82) is 0 Å². The standard InChI is InChI=1S/C9H12N2S2/c1-12-8-5-3-4-7(6-8)11-9(10)13-2/h3-6H,1-2H3,(H2,10,11). The third kappa shape index (κ3) is 3.32. The molecule has 2 nitrogen and oxygen atoms in total. The average Bonchev–Trinajstić information content (AvgIpc) is 2.18. The number of nitrogens with two attached hydrogens (primary N) is 1. The van der Waals surface area contributed by atoms with Gasteiger partial charge in [0.2, 0.25) is 0 Å². The fraction of sp³-hybridized carbons (Fsp3) is 0.222. The number of hydrogen-bond acceptors (Lipinski definition) is 3. The van der Waals surface area contributed by atoms with Gasteiger partial charge in [-0.15, -0.1) is 11.8 Å². The average molecular weight is 212 g/mol. The van der Waals surface area contributed by atoms with Crippen LogP contribution >= 0.6 is 23.5 Å². The van der Waals surface area contributed by atoms with E-state index in [0.29, 0.717) is 5.17 Å². The number of rotatable bonds is 2. The van der Waals surface area contributed by atoms with E-state index in [1.807, 2.05) is 30.7 Å². The first-order valence-electron chi connectivity index (χ1n) is 3.78. The summed E-state index contributed by atoms with van der Waals surface area (Å²) in [4.78, 5) is 5.43. The van der Waals surface area contributed by atoms with Crippen LogP contribution in [0.4, 0.5) is 5.69 Å². The zero-order chi connectivity index (χ0) is 9.68. The lowest BCUT2D eigenvalue weighted by Crippen LogP contribution is -2.03. The van der Waals surface area contributed by atoms with E-state index in [1.165, 1.54) is 16.7 Å². The van der Waals surface area contributed by atoms with Gasteiger partial charge in [-0.2, -0.15) is 0 Å². The van der Waals surface area contributed by atoms with Crippen LogP contribution in [0.5, 0.6) is 0 Å². The Hall–Kier alpha value is -0.610. The molecule has 0 aliphatic rings. The lowest BCUT2D eigenvalue weighted by molar-refractivity contribution is 1.41. The molecule has 1 rings (SSSR count). The molecule has 2 N–H and O–H groups in total. The van der Waals surface area contributed by atoms with E-state index in [1.54, 1.807) is 11.8 Å².